The number of thiophene rings is 1. The van der Waals surface area contributed by atoms with Gasteiger partial charge in [0.15, 0.2) is 5.96 Å². The van der Waals surface area contributed by atoms with Gasteiger partial charge in [-0.1, -0.05) is 35.9 Å². The van der Waals surface area contributed by atoms with Crippen molar-refractivity contribution >= 4 is 28.9 Å². The van der Waals surface area contributed by atoms with Crippen LogP contribution >= 0.6 is 22.9 Å². The average molecular weight is 421 g/mol. The Bertz CT molecular complexity index is 769. The second kappa shape index (κ2) is 10.3. The summed E-state index contributed by atoms with van der Waals surface area (Å²) in [6, 6.07) is 12.7. The van der Waals surface area contributed by atoms with Crippen LogP contribution in [0.25, 0.3) is 0 Å². The molecule has 1 aliphatic heterocycles. The summed E-state index contributed by atoms with van der Waals surface area (Å²) in [5.74, 6) is 0.862. The minimum Gasteiger partial charge on any atom is -0.393 e. The van der Waals surface area contributed by atoms with Crippen molar-refractivity contribution in [2.24, 2.45) is 4.99 Å². The van der Waals surface area contributed by atoms with Crippen molar-refractivity contribution in [2.45, 2.75) is 38.6 Å². The fraction of sp³-hybridized carbons (Fsp3) is 0.476. The SMILES string of the molecule is CN=C(NCc1ccc(CN2CCC(O)CC2)cc1)N(C)Cc1ccc(Cl)s1. The number of hydrogen-bond donors (Lipinski definition) is 2. The van der Waals surface area contributed by atoms with Gasteiger partial charge in [-0.05, 0) is 36.1 Å². The predicted molar refractivity (Wildman–Crippen MR) is 118 cm³/mol. The molecule has 28 heavy (non-hydrogen) atoms. The van der Waals surface area contributed by atoms with E-state index in [9.17, 15) is 5.11 Å². The minimum atomic E-state index is -0.117. The normalized spacial score (nSPS) is 16.4. The van der Waals surface area contributed by atoms with Crippen LogP contribution in [0.4, 0.5) is 0 Å². The first-order valence-electron chi connectivity index (χ1n) is 9.67. The number of aliphatic hydroxyl groups excluding tert-OH is 1. The van der Waals surface area contributed by atoms with Crippen LogP contribution < -0.4 is 5.32 Å². The van der Waals surface area contributed by atoms with Crippen LogP contribution in [0.5, 0.6) is 0 Å². The van der Waals surface area contributed by atoms with E-state index in [2.05, 4.69) is 50.4 Å². The Morgan fingerprint density at radius 1 is 1.21 bits per heavy atom. The quantitative estimate of drug-likeness (QED) is 0.554. The van der Waals surface area contributed by atoms with Crippen molar-refractivity contribution in [3.05, 3.63) is 56.7 Å². The van der Waals surface area contributed by atoms with Gasteiger partial charge in [0.2, 0.25) is 0 Å². The van der Waals surface area contributed by atoms with E-state index in [1.54, 1.807) is 18.4 Å². The number of aliphatic hydroxyl groups is 1. The number of nitrogens with one attached hydrogen (secondary N) is 1. The first-order chi connectivity index (χ1) is 13.5. The third-order valence-electron chi connectivity index (χ3n) is 5.03. The summed E-state index contributed by atoms with van der Waals surface area (Å²) in [5.41, 5.74) is 2.54. The van der Waals surface area contributed by atoms with Gasteiger partial charge in [-0.3, -0.25) is 9.89 Å². The number of rotatable bonds is 6. The van der Waals surface area contributed by atoms with E-state index >= 15 is 0 Å². The molecule has 0 aliphatic carbocycles. The number of nitrogens with zero attached hydrogens (tertiary/aromatic N) is 3. The van der Waals surface area contributed by atoms with E-state index in [0.29, 0.717) is 0 Å². The zero-order chi connectivity index (χ0) is 19.9. The minimum absolute atomic E-state index is 0.117. The van der Waals surface area contributed by atoms with Crippen LogP contribution in [0.1, 0.15) is 28.8 Å². The Hall–Kier alpha value is -1.60. The molecule has 0 amide bonds. The lowest BCUT2D eigenvalue weighted by atomic mass is 10.1. The lowest BCUT2D eigenvalue weighted by molar-refractivity contribution is 0.0792. The molecule has 7 heteroatoms. The van der Waals surface area contributed by atoms with Crippen LogP contribution in [-0.2, 0) is 19.6 Å². The summed E-state index contributed by atoms with van der Waals surface area (Å²) in [6.07, 6.45) is 1.65. The second-order valence-corrected chi connectivity index (χ2v) is 9.09. The highest BCUT2D eigenvalue weighted by Gasteiger charge is 2.16. The maximum absolute atomic E-state index is 9.62. The van der Waals surface area contributed by atoms with Crippen molar-refractivity contribution in [1.82, 2.24) is 15.1 Å². The molecule has 0 bridgehead atoms. The van der Waals surface area contributed by atoms with Gasteiger partial charge in [-0.2, -0.15) is 0 Å². The van der Waals surface area contributed by atoms with Crippen LogP contribution in [0.15, 0.2) is 41.4 Å². The molecule has 1 aliphatic rings. The van der Waals surface area contributed by atoms with E-state index in [4.69, 9.17) is 11.6 Å². The van der Waals surface area contributed by atoms with Crippen LogP contribution in [0.2, 0.25) is 4.34 Å². The fourth-order valence-corrected chi connectivity index (χ4v) is 4.55. The van der Waals surface area contributed by atoms with Gasteiger partial charge in [-0.15, -0.1) is 11.3 Å². The highest BCUT2D eigenvalue weighted by molar-refractivity contribution is 7.16. The number of likely N-dealkylation sites (tertiary alicyclic amines) is 1. The van der Waals surface area contributed by atoms with E-state index in [1.165, 1.54) is 16.0 Å². The summed E-state index contributed by atoms with van der Waals surface area (Å²) in [6.45, 7) is 4.41. The first kappa shape index (κ1) is 21.1. The Morgan fingerprint density at radius 3 is 2.50 bits per heavy atom. The lowest BCUT2D eigenvalue weighted by Crippen LogP contribution is -2.37. The fourth-order valence-electron chi connectivity index (χ4n) is 3.41. The lowest BCUT2D eigenvalue weighted by Gasteiger charge is -2.29. The number of piperidine rings is 1. The van der Waals surface area contributed by atoms with Gasteiger partial charge < -0.3 is 15.3 Å². The Morgan fingerprint density at radius 2 is 1.89 bits per heavy atom. The number of halogens is 1. The van der Waals surface area contributed by atoms with Crippen molar-refractivity contribution in [3.8, 4) is 0 Å². The van der Waals surface area contributed by atoms with Crippen LogP contribution in [0.3, 0.4) is 0 Å². The Kier molecular flexibility index (Phi) is 7.73. The zero-order valence-corrected chi connectivity index (χ0v) is 18.1. The van der Waals surface area contributed by atoms with E-state index < -0.39 is 0 Å². The second-order valence-electron chi connectivity index (χ2n) is 7.29. The predicted octanol–water partition coefficient (Wildman–Crippen LogP) is 3.57. The number of guanidine groups is 1. The van der Waals surface area contributed by atoms with Crippen molar-refractivity contribution < 1.29 is 5.11 Å². The summed E-state index contributed by atoms with van der Waals surface area (Å²) in [7, 11) is 3.83. The van der Waals surface area contributed by atoms with Crippen LogP contribution in [-0.4, -0.2) is 54.2 Å². The highest BCUT2D eigenvalue weighted by atomic mass is 35.5. The smallest absolute Gasteiger partial charge is 0.193 e. The molecule has 0 spiro atoms. The molecule has 2 N–H and O–H groups in total. The Labute approximate surface area is 176 Å². The van der Waals surface area contributed by atoms with Crippen LogP contribution in [0, 0.1) is 0 Å². The van der Waals surface area contributed by atoms with Gasteiger partial charge in [0.1, 0.15) is 0 Å². The number of benzene rings is 1. The maximum Gasteiger partial charge on any atom is 0.193 e. The van der Waals surface area contributed by atoms with E-state index in [0.717, 1.165) is 55.9 Å². The van der Waals surface area contributed by atoms with Gasteiger partial charge in [0.25, 0.3) is 0 Å². The van der Waals surface area contributed by atoms with Gasteiger partial charge in [0.05, 0.1) is 17.0 Å². The topological polar surface area (TPSA) is 51.1 Å². The van der Waals surface area contributed by atoms with E-state index in [1.807, 2.05) is 13.1 Å². The average Bonchev–Trinajstić information content (AvgIpc) is 3.10. The molecular weight excluding hydrogens is 392 g/mol. The van der Waals surface area contributed by atoms with Crippen molar-refractivity contribution in [3.63, 3.8) is 0 Å². The zero-order valence-electron chi connectivity index (χ0n) is 16.6. The molecule has 152 valence electrons. The third kappa shape index (κ3) is 6.21. The molecule has 5 nitrogen and oxygen atoms in total. The van der Waals surface area contributed by atoms with Crippen molar-refractivity contribution in [2.75, 3.05) is 27.2 Å². The molecular formula is C21H29ClN4OS. The molecule has 1 aromatic carbocycles. The summed E-state index contributed by atoms with van der Waals surface area (Å²) >= 11 is 7.62. The van der Waals surface area contributed by atoms with Gasteiger partial charge in [-0.25, -0.2) is 0 Å². The first-order valence-corrected chi connectivity index (χ1v) is 10.9. The molecule has 3 rings (SSSR count). The Balaban J connectivity index is 1.47. The van der Waals surface area contributed by atoms with Gasteiger partial charge in [0, 0.05) is 45.2 Å². The third-order valence-corrected chi connectivity index (χ3v) is 6.25. The molecule has 1 aromatic heterocycles. The molecule has 0 atom stereocenters. The molecule has 0 radical (unpaired) electrons. The summed E-state index contributed by atoms with van der Waals surface area (Å²) in [5, 5.41) is 13.1. The highest BCUT2D eigenvalue weighted by Crippen LogP contribution is 2.22. The largest absolute Gasteiger partial charge is 0.393 e. The summed E-state index contributed by atoms with van der Waals surface area (Å²) < 4.78 is 0.812. The number of hydrogen-bond acceptors (Lipinski definition) is 4. The number of aliphatic imine (C=N–C) groups is 1. The molecule has 2 heterocycles. The standard InChI is InChI=1S/C21H29ClN4OS/c1-23-21(25(2)15-19-7-8-20(22)28-19)24-13-16-3-5-17(6-4-16)14-26-11-9-18(27)10-12-26/h3-8,18,27H,9-15H2,1-2H3,(H,23,24). The molecule has 1 fully saturated rings. The van der Waals surface area contributed by atoms with Gasteiger partial charge >= 0.3 is 0 Å². The molecule has 2 aromatic rings. The van der Waals surface area contributed by atoms with Crippen molar-refractivity contribution in [1.29, 1.82) is 0 Å². The van der Waals surface area contributed by atoms with E-state index in [-0.39, 0.29) is 6.10 Å². The molecule has 0 saturated carbocycles. The molecule has 1 saturated heterocycles. The summed E-state index contributed by atoms with van der Waals surface area (Å²) in [4.78, 5) is 10.1. The maximum atomic E-state index is 9.62. The molecule has 0 unspecified atom stereocenters. The monoisotopic (exact) mass is 420 g/mol.